The Morgan fingerprint density at radius 2 is 1.84 bits per heavy atom. The second-order valence-electron chi connectivity index (χ2n) is 6.36. The fourth-order valence-corrected chi connectivity index (χ4v) is 4.53. The lowest BCUT2D eigenvalue weighted by Crippen LogP contribution is -2.27. The zero-order valence-corrected chi connectivity index (χ0v) is 20.7. The molecule has 32 heavy (non-hydrogen) atoms. The number of esters is 1. The smallest absolute Gasteiger partial charge is 0.343 e. The summed E-state index contributed by atoms with van der Waals surface area (Å²) < 4.78 is 15.9. The molecular weight excluding hydrogens is 545 g/mol. The van der Waals surface area contributed by atoms with Crippen molar-refractivity contribution < 1.29 is 28.6 Å². The van der Waals surface area contributed by atoms with Crippen molar-refractivity contribution in [1.82, 2.24) is 4.90 Å². The van der Waals surface area contributed by atoms with Gasteiger partial charge in [0.25, 0.3) is 11.1 Å². The molecule has 1 saturated heterocycles. The van der Waals surface area contributed by atoms with Crippen molar-refractivity contribution in [1.29, 1.82) is 0 Å². The molecule has 168 valence electrons. The number of imide groups is 1. The molecule has 1 fully saturated rings. The average molecular weight is 561 g/mol. The Labute approximate surface area is 206 Å². The standard InChI is InChI=1S/C21H16BrCl2NO6S/c1-29-16-6-11(13(22)8-17(16)31-10-19(26)30-2)7-18-20(27)25(21(28)32-18)9-12-14(23)4-3-5-15(12)24/h3-8H,9-10H2,1-2H3/b18-7+. The lowest BCUT2D eigenvalue weighted by atomic mass is 10.1. The van der Waals surface area contributed by atoms with Crippen LogP contribution in [0, 0.1) is 0 Å². The van der Waals surface area contributed by atoms with Crippen LogP contribution in [-0.4, -0.2) is 42.8 Å². The first-order valence-electron chi connectivity index (χ1n) is 9.00. The molecule has 0 aliphatic carbocycles. The highest BCUT2D eigenvalue weighted by atomic mass is 79.9. The normalized spacial score (nSPS) is 14.8. The summed E-state index contributed by atoms with van der Waals surface area (Å²) >= 11 is 16.6. The molecule has 3 rings (SSSR count). The summed E-state index contributed by atoms with van der Waals surface area (Å²) in [5.41, 5.74) is 1.07. The van der Waals surface area contributed by atoms with Gasteiger partial charge in [-0.3, -0.25) is 14.5 Å². The minimum absolute atomic E-state index is 0.0364. The molecule has 0 atom stereocenters. The first-order chi connectivity index (χ1) is 15.2. The van der Waals surface area contributed by atoms with E-state index in [4.69, 9.17) is 32.7 Å². The number of thioether (sulfide) groups is 1. The van der Waals surface area contributed by atoms with Crippen molar-refractivity contribution in [3.63, 3.8) is 0 Å². The molecule has 2 aromatic carbocycles. The number of carbonyl (C=O) groups excluding carboxylic acids is 3. The highest BCUT2D eigenvalue weighted by Crippen LogP contribution is 2.39. The summed E-state index contributed by atoms with van der Waals surface area (Å²) in [6, 6.07) is 8.19. The van der Waals surface area contributed by atoms with Crippen LogP contribution in [0.5, 0.6) is 11.5 Å². The van der Waals surface area contributed by atoms with Gasteiger partial charge in [0.2, 0.25) is 0 Å². The number of ether oxygens (including phenoxy) is 3. The largest absolute Gasteiger partial charge is 0.493 e. The second-order valence-corrected chi connectivity index (χ2v) is 9.02. The Morgan fingerprint density at radius 1 is 1.16 bits per heavy atom. The van der Waals surface area contributed by atoms with Crippen molar-refractivity contribution in [3.8, 4) is 11.5 Å². The maximum absolute atomic E-state index is 12.9. The third-order valence-corrected chi connectivity index (χ3v) is 6.70. The monoisotopic (exact) mass is 559 g/mol. The van der Waals surface area contributed by atoms with Gasteiger partial charge in [0.1, 0.15) is 0 Å². The molecule has 0 aromatic heterocycles. The lowest BCUT2D eigenvalue weighted by molar-refractivity contribution is -0.142. The van der Waals surface area contributed by atoms with Gasteiger partial charge >= 0.3 is 5.97 Å². The molecular formula is C21H16BrCl2NO6S. The van der Waals surface area contributed by atoms with E-state index in [0.29, 0.717) is 37.1 Å². The lowest BCUT2D eigenvalue weighted by Gasteiger charge is -2.15. The van der Waals surface area contributed by atoms with Crippen LogP contribution in [0.15, 0.2) is 39.7 Å². The molecule has 0 bridgehead atoms. The molecule has 1 heterocycles. The van der Waals surface area contributed by atoms with Gasteiger partial charge in [-0.1, -0.05) is 45.2 Å². The molecule has 1 aliphatic heterocycles. The van der Waals surface area contributed by atoms with Crippen molar-refractivity contribution >= 4 is 74.1 Å². The van der Waals surface area contributed by atoms with Crippen LogP contribution in [0.25, 0.3) is 6.08 Å². The van der Waals surface area contributed by atoms with Gasteiger partial charge in [-0.15, -0.1) is 0 Å². The van der Waals surface area contributed by atoms with Gasteiger partial charge in [-0.2, -0.15) is 0 Å². The number of rotatable bonds is 7. The van der Waals surface area contributed by atoms with Crippen LogP contribution >= 0.6 is 50.9 Å². The molecule has 0 spiro atoms. The number of nitrogens with zero attached hydrogens (tertiary/aromatic N) is 1. The van der Waals surface area contributed by atoms with E-state index in [0.717, 1.165) is 16.7 Å². The Kier molecular flexibility index (Phi) is 8.10. The third kappa shape index (κ3) is 5.40. The van der Waals surface area contributed by atoms with Crippen molar-refractivity contribution in [2.45, 2.75) is 6.54 Å². The predicted octanol–water partition coefficient (Wildman–Crippen LogP) is 5.55. The molecule has 2 aromatic rings. The zero-order chi connectivity index (χ0) is 23.4. The first kappa shape index (κ1) is 24.4. The first-order valence-corrected chi connectivity index (χ1v) is 11.4. The minimum Gasteiger partial charge on any atom is -0.493 e. The predicted molar refractivity (Wildman–Crippen MR) is 126 cm³/mol. The molecule has 0 saturated carbocycles. The maximum atomic E-state index is 12.9. The summed E-state index contributed by atoms with van der Waals surface area (Å²) in [4.78, 5) is 38.0. The van der Waals surface area contributed by atoms with Gasteiger partial charge in [0.05, 0.1) is 25.7 Å². The summed E-state index contributed by atoms with van der Waals surface area (Å²) in [6.45, 7) is -0.326. The fourth-order valence-electron chi connectivity index (χ4n) is 2.75. The number of benzene rings is 2. The van der Waals surface area contributed by atoms with E-state index in [2.05, 4.69) is 20.7 Å². The van der Waals surface area contributed by atoms with E-state index >= 15 is 0 Å². The van der Waals surface area contributed by atoms with Crippen LogP contribution in [0.1, 0.15) is 11.1 Å². The number of amides is 2. The highest BCUT2D eigenvalue weighted by molar-refractivity contribution is 9.10. The number of halogens is 3. The van der Waals surface area contributed by atoms with Crippen molar-refractivity contribution in [2.24, 2.45) is 0 Å². The Hall–Kier alpha value is -2.20. The molecule has 1 aliphatic rings. The van der Waals surface area contributed by atoms with Crippen LogP contribution in [-0.2, 0) is 20.9 Å². The second kappa shape index (κ2) is 10.6. The number of hydrogen-bond donors (Lipinski definition) is 0. The topological polar surface area (TPSA) is 82.1 Å². The Morgan fingerprint density at radius 3 is 2.47 bits per heavy atom. The quantitative estimate of drug-likeness (QED) is 0.324. The Balaban J connectivity index is 1.86. The van der Waals surface area contributed by atoms with Gasteiger partial charge in [-0.05, 0) is 47.7 Å². The van der Waals surface area contributed by atoms with E-state index in [-0.39, 0.29) is 18.1 Å². The maximum Gasteiger partial charge on any atom is 0.343 e. The van der Waals surface area contributed by atoms with Crippen LogP contribution in [0.4, 0.5) is 4.79 Å². The molecule has 2 amide bonds. The number of carbonyl (C=O) groups is 3. The summed E-state index contributed by atoms with van der Waals surface area (Å²) in [5, 5.41) is 0.310. The van der Waals surface area contributed by atoms with Crippen molar-refractivity contribution in [3.05, 3.63) is 60.9 Å². The summed E-state index contributed by atoms with van der Waals surface area (Å²) in [7, 11) is 2.70. The van der Waals surface area contributed by atoms with E-state index in [1.807, 2.05) is 0 Å². The molecule has 11 heteroatoms. The van der Waals surface area contributed by atoms with Crippen molar-refractivity contribution in [2.75, 3.05) is 20.8 Å². The van der Waals surface area contributed by atoms with Gasteiger partial charge in [-0.25, -0.2) is 4.79 Å². The summed E-state index contributed by atoms with van der Waals surface area (Å²) in [5.74, 6) is -0.360. The molecule has 0 N–H and O–H groups in total. The minimum atomic E-state index is -0.542. The van der Waals surface area contributed by atoms with E-state index < -0.39 is 17.1 Å². The van der Waals surface area contributed by atoms with Gasteiger partial charge < -0.3 is 14.2 Å². The number of hydrogen-bond acceptors (Lipinski definition) is 7. The van der Waals surface area contributed by atoms with E-state index in [1.54, 1.807) is 36.4 Å². The SMILES string of the molecule is COC(=O)COc1cc(Br)c(/C=C2/SC(=O)N(Cc3c(Cl)cccc3Cl)C2=O)cc1OC. The fraction of sp³-hybridized carbons (Fsp3) is 0.190. The van der Waals surface area contributed by atoms with Crippen LogP contribution < -0.4 is 9.47 Å². The zero-order valence-electron chi connectivity index (χ0n) is 16.8. The molecule has 0 unspecified atom stereocenters. The Bertz CT molecular complexity index is 1100. The van der Waals surface area contributed by atoms with Crippen LogP contribution in [0.2, 0.25) is 10.0 Å². The van der Waals surface area contributed by atoms with E-state index in [9.17, 15) is 14.4 Å². The molecule has 7 nitrogen and oxygen atoms in total. The summed E-state index contributed by atoms with van der Waals surface area (Å²) in [6.07, 6.45) is 1.57. The number of methoxy groups -OCH3 is 2. The third-order valence-electron chi connectivity index (χ3n) is 4.39. The van der Waals surface area contributed by atoms with E-state index in [1.165, 1.54) is 14.2 Å². The van der Waals surface area contributed by atoms with Gasteiger partial charge in [0, 0.05) is 20.1 Å². The average Bonchev–Trinajstić information content (AvgIpc) is 3.03. The van der Waals surface area contributed by atoms with Gasteiger partial charge in [0.15, 0.2) is 18.1 Å². The highest BCUT2D eigenvalue weighted by Gasteiger charge is 2.36. The van der Waals surface area contributed by atoms with Crippen LogP contribution in [0.3, 0.4) is 0 Å². The molecule has 0 radical (unpaired) electrons.